The molecule has 1 saturated heterocycles. The smallest absolute Gasteiger partial charge is 0.414 e. The van der Waals surface area contributed by atoms with Gasteiger partial charge in [-0.15, -0.1) is 0 Å². The van der Waals surface area contributed by atoms with Gasteiger partial charge in [-0.05, 0) is 12.8 Å². The molecule has 2 fully saturated rings. The van der Waals surface area contributed by atoms with Crippen molar-refractivity contribution in [3.8, 4) is 0 Å². The largest absolute Gasteiger partial charge is 0.465 e. The van der Waals surface area contributed by atoms with Crippen molar-refractivity contribution in [3.05, 3.63) is 0 Å². The Morgan fingerprint density at radius 1 is 1.00 bits per heavy atom. The number of carboxylic acid groups (broad SMARTS) is 2. The molecule has 0 bridgehead atoms. The van der Waals surface area contributed by atoms with Crippen molar-refractivity contribution in [3.63, 3.8) is 0 Å². The Balaban J connectivity index is 2.35. The quantitative estimate of drug-likeness (QED) is 0.678. The first kappa shape index (κ1) is 12.7. The molecule has 2 aliphatic rings. The summed E-state index contributed by atoms with van der Waals surface area (Å²) < 4.78 is 0. The van der Waals surface area contributed by atoms with Crippen LogP contribution in [0.2, 0.25) is 0 Å². The average Bonchev–Trinajstić information content (AvgIpc) is 2.33. The zero-order valence-corrected chi connectivity index (χ0v) is 9.96. The molecule has 0 unspecified atom stereocenters. The van der Waals surface area contributed by atoms with Crippen LogP contribution in [0.3, 0.4) is 0 Å². The highest BCUT2D eigenvalue weighted by molar-refractivity contribution is 5.99. The van der Waals surface area contributed by atoms with Gasteiger partial charge in [0.25, 0.3) is 5.91 Å². The molecule has 0 atom stereocenters. The predicted molar refractivity (Wildman–Crippen MR) is 60.3 cm³/mol. The van der Waals surface area contributed by atoms with E-state index in [-0.39, 0.29) is 13.1 Å². The van der Waals surface area contributed by atoms with E-state index in [4.69, 9.17) is 5.11 Å². The van der Waals surface area contributed by atoms with Gasteiger partial charge >= 0.3 is 12.2 Å². The molecule has 2 rings (SSSR count). The molecule has 0 radical (unpaired) electrons. The summed E-state index contributed by atoms with van der Waals surface area (Å²) in [6.45, 7) is -0.0183. The van der Waals surface area contributed by atoms with Gasteiger partial charge in [-0.3, -0.25) is 9.69 Å². The molecule has 1 heterocycles. The van der Waals surface area contributed by atoms with Crippen molar-refractivity contribution >= 4 is 18.1 Å². The first-order valence-electron chi connectivity index (χ1n) is 6.04. The van der Waals surface area contributed by atoms with E-state index in [1.54, 1.807) is 0 Å². The Kier molecular flexibility index (Phi) is 3.14. The summed E-state index contributed by atoms with van der Waals surface area (Å²) in [6, 6.07) is 0. The second-order valence-corrected chi connectivity index (χ2v) is 4.77. The average molecular weight is 256 g/mol. The van der Waals surface area contributed by atoms with E-state index in [1.165, 1.54) is 0 Å². The number of carbonyl (C=O) groups is 3. The highest BCUT2D eigenvalue weighted by Gasteiger charge is 2.53. The monoisotopic (exact) mass is 256 g/mol. The van der Waals surface area contributed by atoms with Crippen LogP contribution in [0.5, 0.6) is 0 Å². The van der Waals surface area contributed by atoms with Crippen molar-refractivity contribution in [1.82, 2.24) is 9.80 Å². The summed E-state index contributed by atoms with van der Waals surface area (Å²) in [4.78, 5) is 36.5. The van der Waals surface area contributed by atoms with Gasteiger partial charge in [0.05, 0.1) is 0 Å². The summed E-state index contributed by atoms with van der Waals surface area (Å²) in [7, 11) is 0. The third kappa shape index (κ3) is 1.79. The highest BCUT2D eigenvalue weighted by Crippen LogP contribution is 2.37. The molecule has 1 saturated carbocycles. The first-order chi connectivity index (χ1) is 8.49. The topological polar surface area (TPSA) is 98.2 Å². The van der Waals surface area contributed by atoms with Crippen molar-refractivity contribution in [2.45, 2.75) is 37.6 Å². The minimum absolute atomic E-state index is 0.0629. The minimum atomic E-state index is -1.30. The van der Waals surface area contributed by atoms with Crippen LogP contribution in [-0.2, 0) is 4.79 Å². The van der Waals surface area contributed by atoms with Crippen molar-refractivity contribution in [2.75, 3.05) is 13.1 Å². The lowest BCUT2D eigenvalue weighted by atomic mass is 9.78. The zero-order chi connectivity index (χ0) is 13.3. The molecule has 7 heteroatoms. The van der Waals surface area contributed by atoms with Gasteiger partial charge in [0, 0.05) is 13.1 Å². The number of nitrogens with zero attached hydrogens (tertiary/aromatic N) is 2. The lowest BCUT2D eigenvalue weighted by Crippen LogP contribution is -2.68. The third-order valence-electron chi connectivity index (χ3n) is 3.85. The Hall–Kier alpha value is -1.79. The van der Waals surface area contributed by atoms with Crippen LogP contribution in [-0.4, -0.2) is 56.7 Å². The van der Waals surface area contributed by atoms with E-state index < -0.39 is 23.6 Å². The van der Waals surface area contributed by atoms with Gasteiger partial charge in [0.1, 0.15) is 5.54 Å². The molecule has 1 aliphatic carbocycles. The second kappa shape index (κ2) is 4.47. The van der Waals surface area contributed by atoms with Crippen LogP contribution in [0, 0.1) is 0 Å². The molecule has 100 valence electrons. The summed E-state index contributed by atoms with van der Waals surface area (Å²) in [5, 5.41) is 18.2. The number of carbonyl (C=O) groups excluding carboxylic acids is 1. The maximum atomic E-state index is 12.3. The second-order valence-electron chi connectivity index (χ2n) is 4.77. The Bertz CT molecular complexity index is 389. The maximum Gasteiger partial charge on any atom is 0.414 e. The number of hydrogen-bond acceptors (Lipinski definition) is 3. The van der Waals surface area contributed by atoms with Crippen molar-refractivity contribution in [2.24, 2.45) is 0 Å². The van der Waals surface area contributed by atoms with E-state index in [9.17, 15) is 19.5 Å². The summed E-state index contributed by atoms with van der Waals surface area (Å²) in [5.41, 5.74) is -1.15. The van der Waals surface area contributed by atoms with Crippen LogP contribution < -0.4 is 0 Å². The summed E-state index contributed by atoms with van der Waals surface area (Å²) in [6.07, 6.45) is 0.857. The molecule has 7 nitrogen and oxygen atoms in total. The third-order valence-corrected chi connectivity index (χ3v) is 3.85. The van der Waals surface area contributed by atoms with Crippen molar-refractivity contribution < 1.29 is 24.6 Å². The van der Waals surface area contributed by atoms with Gasteiger partial charge in [-0.2, -0.15) is 0 Å². The SMILES string of the molecule is O=C(O)N1CCN(C(=O)O)C2(CCCCC2)C1=O. The highest BCUT2D eigenvalue weighted by atomic mass is 16.4. The maximum absolute atomic E-state index is 12.3. The van der Waals surface area contributed by atoms with Gasteiger partial charge in [-0.25, -0.2) is 14.5 Å². The van der Waals surface area contributed by atoms with Crippen LogP contribution in [0.4, 0.5) is 9.59 Å². The molecule has 1 spiro atoms. The van der Waals surface area contributed by atoms with Crippen molar-refractivity contribution in [1.29, 1.82) is 0 Å². The van der Waals surface area contributed by atoms with E-state index in [0.717, 1.165) is 29.1 Å². The number of hydrogen-bond donors (Lipinski definition) is 2. The molecular weight excluding hydrogens is 240 g/mol. The van der Waals surface area contributed by atoms with Gasteiger partial charge in [0.2, 0.25) is 0 Å². The zero-order valence-electron chi connectivity index (χ0n) is 9.96. The molecule has 0 aromatic rings. The van der Waals surface area contributed by atoms with E-state index in [2.05, 4.69) is 0 Å². The number of rotatable bonds is 0. The molecule has 1 aliphatic heterocycles. The fraction of sp³-hybridized carbons (Fsp3) is 0.727. The fourth-order valence-electron chi connectivity index (χ4n) is 2.96. The molecule has 0 aromatic carbocycles. The number of piperazine rings is 1. The van der Waals surface area contributed by atoms with Gasteiger partial charge in [-0.1, -0.05) is 19.3 Å². The van der Waals surface area contributed by atoms with E-state index in [0.29, 0.717) is 12.8 Å². The van der Waals surface area contributed by atoms with E-state index >= 15 is 0 Å². The number of imide groups is 1. The normalized spacial score (nSPS) is 23.2. The van der Waals surface area contributed by atoms with Gasteiger partial charge in [0.15, 0.2) is 0 Å². The molecule has 18 heavy (non-hydrogen) atoms. The standard InChI is InChI=1S/C11H16N2O5/c14-8-11(4-2-1-3-5-11)13(10(17)18)7-6-12(8)9(15)16/h1-7H2,(H,15,16)(H,17,18). The van der Waals surface area contributed by atoms with Crippen LogP contribution in [0.15, 0.2) is 0 Å². The van der Waals surface area contributed by atoms with Crippen LogP contribution in [0.25, 0.3) is 0 Å². The lowest BCUT2D eigenvalue weighted by Gasteiger charge is -2.48. The van der Waals surface area contributed by atoms with Gasteiger partial charge < -0.3 is 10.2 Å². The van der Waals surface area contributed by atoms with Crippen LogP contribution >= 0.6 is 0 Å². The molecule has 3 amide bonds. The lowest BCUT2D eigenvalue weighted by molar-refractivity contribution is -0.149. The Labute approximate surface area is 104 Å². The first-order valence-corrected chi connectivity index (χ1v) is 6.04. The Morgan fingerprint density at radius 2 is 1.61 bits per heavy atom. The Morgan fingerprint density at radius 3 is 2.11 bits per heavy atom. The molecule has 0 aromatic heterocycles. The van der Waals surface area contributed by atoms with E-state index in [1.807, 2.05) is 0 Å². The number of amides is 3. The summed E-state index contributed by atoms with van der Waals surface area (Å²) in [5.74, 6) is -0.580. The molecule has 2 N–H and O–H groups in total. The summed E-state index contributed by atoms with van der Waals surface area (Å²) >= 11 is 0. The van der Waals surface area contributed by atoms with Crippen LogP contribution in [0.1, 0.15) is 32.1 Å². The predicted octanol–water partition coefficient (Wildman–Crippen LogP) is 1.19. The molecular formula is C11H16N2O5. The fourth-order valence-corrected chi connectivity index (χ4v) is 2.96. The minimum Gasteiger partial charge on any atom is -0.465 e.